The van der Waals surface area contributed by atoms with Crippen LogP contribution in [0.25, 0.3) is 0 Å². The van der Waals surface area contributed by atoms with Crippen LogP contribution in [0.2, 0.25) is 0 Å². The van der Waals surface area contributed by atoms with Gasteiger partial charge >= 0.3 is 6.18 Å². The Bertz CT molecular complexity index is 505. The van der Waals surface area contributed by atoms with Crippen molar-refractivity contribution in [3.05, 3.63) is 35.1 Å². The van der Waals surface area contributed by atoms with Gasteiger partial charge in [0.1, 0.15) is 11.9 Å². The van der Waals surface area contributed by atoms with Gasteiger partial charge in [0.25, 0.3) is 0 Å². The number of benzene rings is 1. The van der Waals surface area contributed by atoms with E-state index in [4.69, 9.17) is 0 Å². The summed E-state index contributed by atoms with van der Waals surface area (Å²) in [5.74, 6) is -1.01. The van der Waals surface area contributed by atoms with Crippen molar-refractivity contribution in [1.82, 2.24) is 0 Å². The lowest BCUT2D eigenvalue weighted by atomic mass is 9.75. The molecule has 0 bridgehead atoms. The first-order chi connectivity index (χ1) is 9.63. The molecule has 118 valence electrons. The van der Waals surface area contributed by atoms with Crippen LogP contribution in [0.3, 0.4) is 0 Å². The largest absolute Gasteiger partial charge is 0.419 e. The van der Waals surface area contributed by atoms with Gasteiger partial charge < -0.3 is 10.2 Å². The SMILES string of the molecule is CC1CCC(O)(C(O)c2ccc(C(F)(F)F)c(F)c2)CC1. The predicted molar refractivity (Wildman–Crippen MR) is 68.9 cm³/mol. The minimum atomic E-state index is -4.77. The van der Waals surface area contributed by atoms with Crippen LogP contribution in [0.15, 0.2) is 18.2 Å². The van der Waals surface area contributed by atoms with E-state index in [2.05, 4.69) is 0 Å². The van der Waals surface area contributed by atoms with Gasteiger partial charge in [-0.25, -0.2) is 4.39 Å². The molecule has 1 atom stereocenters. The monoisotopic (exact) mass is 306 g/mol. The molecule has 1 aliphatic carbocycles. The zero-order valence-corrected chi connectivity index (χ0v) is 11.6. The molecular weight excluding hydrogens is 288 g/mol. The average Bonchev–Trinajstić information content (AvgIpc) is 2.40. The summed E-state index contributed by atoms with van der Waals surface area (Å²) in [4.78, 5) is 0. The van der Waals surface area contributed by atoms with Gasteiger partial charge in [0, 0.05) is 0 Å². The van der Waals surface area contributed by atoms with E-state index >= 15 is 0 Å². The van der Waals surface area contributed by atoms with E-state index < -0.39 is 29.3 Å². The Morgan fingerprint density at radius 2 is 1.81 bits per heavy atom. The smallest absolute Gasteiger partial charge is 0.387 e. The Labute approximate surface area is 120 Å². The highest BCUT2D eigenvalue weighted by molar-refractivity contribution is 5.29. The lowest BCUT2D eigenvalue weighted by molar-refractivity contribution is -0.140. The second-order valence-electron chi connectivity index (χ2n) is 5.93. The third kappa shape index (κ3) is 3.37. The lowest BCUT2D eigenvalue weighted by Crippen LogP contribution is -2.40. The van der Waals surface area contributed by atoms with Gasteiger partial charge in [-0.15, -0.1) is 0 Å². The fourth-order valence-electron chi connectivity index (χ4n) is 2.78. The second-order valence-corrected chi connectivity index (χ2v) is 5.93. The third-order valence-electron chi connectivity index (χ3n) is 4.26. The molecule has 0 aromatic heterocycles. The Balaban J connectivity index is 2.24. The van der Waals surface area contributed by atoms with Crippen molar-refractivity contribution in [3.8, 4) is 0 Å². The van der Waals surface area contributed by atoms with Gasteiger partial charge in [0.2, 0.25) is 0 Å². The van der Waals surface area contributed by atoms with Crippen LogP contribution in [-0.2, 0) is 6.18 Å². The number of alkyl halides is 3. The highest BCUT2D eigenvalue weighted by Crippen LogP contribution is 2.41. The van der Waals surface area contributed by atoms with E-state index in [0.29, 0.717) is 30.9 Å². The Kier molecular flexibility index (Phi) is 4.31. The van der Waals surface area contributed by atoms with Crippen LogP contribution in [0.4, 0.5) is 17.6 Å². The highest BCUT2D eigenvalue weighted by atomic mass is 19.4. The standard InChI is InChI=1S/C15H18F4O2/c1-9-4-6-14(21,7-5-9)13(20)10-2-3-11(12(16)8-10)15(17,18)19/h2-3,8-9,13,20-21H,4-7H2,1H3. The Morgan fingerprint density at radius 1 is 1.24 bits per heavy atom. The van der Waals surface area contributed by atoms with Gasteiger partial charge in [-0.05, 0) is 49.3 Å². The molecule has 0 saturated heterocycles. The van der Waals surface area contributed by atoms with Crippen molar-refractivity contribution >= 4 is 0 Å². The summed E-state index contributed by atoms with van der Waals surface area (Å²) in [7, 11) is 0. The molecule has 1 aromatic rings. The summed E-state index contributed by atoms with van der Waals surface area (Å²) in [5, 5.41) is 20.6. The number of halogens is 4. The fraction of sp³-hybridized carbons (Fsp3) is 0.600. The van der Waals surface area contributed by atoms with E-state index in [1.165, 1.54) is 0 Å². The van der Waals surface area contributed by atoms with Crippen LogP contribution in [0.1, 0.15) is 49.8 Å². The summed E-state index contributed by atoms with van der Waals surface area (Å²) >= 11 is 0. The molecule has 2 nitrogen and oxygen atoms in total. The van der Waals surface area contributed by atoms with Gasteiger partial charge in [-0.3, -0.25) is 0 Å². The fourth-order valence-corrected chi connectivity index (χ4v) is 2.78. The number of hydrogen-bond acceptors (Lipinski definition) is 2. The summed E-state index contributed by atoms with van der Waals surface area (Å²) in [6.07, 6.45) is -4.03. The average molecular weight is 306 g/mol. The van der Waals surface area contributed by atoms with E-state index in [1.54, 1.807) is 0 Å². The molecule has 1 fully saturated rings. The first kappa shape index (κ1) is 16.2. The van der Waals surface area contributed by atoms with Crippen LogP contribution < -0.4 is 0 Å². The maximum atomic E-state index is 13.5. The molecule has 0 amide bonds. The van der Waals surface area contributed by atoms with Crippen LogP contribution in [0.5, 0.6) is 0 Å². The molecular formula is C15H18F4O2. The molecule has 1 aliphatic rings. The third-order valence-corrected chi connectivity index (χ3v) is 4.26. The minimum Gasteiger partial charge on any atom is -0.387 e. The molecule has 2 N–H and O–H groups in total. The maximum Gasteiger partial charge on any atom is 0.419 e. The van der Waals surface area contributed by atoms with E-state index in [-0.39, 0.29) is 5.56 Å². The highest BCUT2D eigenvalue weighted by Gasteiger charge is 2.40. The number of aliphatic hydroxyl groups excluding tert-OH is 1. The zero-order valence-electron chi connectivity index (χ0n) is 11.6. The summed E-state index contributed by atoms with van der Waals surface area (Å²) in [5.41, 5.74) is -2.81. The molecule has 1 aromatic carbocycles. The van der Waals surface area contributed by atoms with E-state index in [9.17, 15) is 27.8 Å². The van der Waals surface area contributed by atoms with Crippen molar-refractivity contribution in [2.45, 2.75) is 50.5 Å². The zero-order chi connectivity index (χ0) is 15.8. The molecule has 0 spiro atoms. The topological polar surface area (TPSA) is 40.5 Å². The summed E-state index contributed by atoms with van der Waals surface area (Å²) < 4.78 is 51.1. The van der Waals surface area contributed by atoms with Crippen molar-refractivity contribution in [3.63, 3.8) is 0 Å². The first-order valence-corrected chi connectivity index (χ1v) is 6.90. The van der Waals surface area contributed by atoms with Crippen molar-refractivity contribution < 1.29 is 27.8 Å². The van der Waals surface area contributed by atoms with Gasteiger partial charge in [-0.2, -0.15) is 13.2 Å². The molecule has 0 radical (unpaired) electrons. The number of aliphatic hydroxyl groups is 2. The first-order valence-electron chi connectivity index (χ1n) is 6.90. The minimum absolute atomic E-state index is 0.0300. The van der Waals surface area contributed by atoms with Crippen LogP contribution in [0, 0.1) is 11.7 Å². The maximum absolute atomic E-state index is 13.5. The van der Waals surface area contributed by atoms with Crippen LogP contribution >= 0.6 is 0 Å². The predicted octanol–water partition coefficient (Wildman–Crippen LogP) is 3.82. The molecule has 0 aliphatic heterocycles. The number of rotatable bonds is 2. The molecule has 1 unspecified atom stereocenters. The quantitative estimate of drug-likeness (QED) is 0.816. The van der Waals surface area contributed by atoms with Gasteiger partial charge in [-0.1, -0.05) is 13.0 Å². The van der Waals surface area contributed by atoms with Gasteiger partial charge in [0.05, 0.1) is 11.2 Å². The molecule has 21 heavy (non-hydrogen) atoms. The van der Waals surface area contributed by atoms with E-state index in [1.807, 2.05) is 6.92 Å². The van der Waals surface area contributed by atoms with Crippen molar-refractivity contribution in [2.75, 3.05) is 0 Å². The molecule has 2 rings (SSSR count). The lowest BCUT2D eigenvalue weighted by Gasteiger charge is -2.38. The molecule has 1 saturated carbocycles. The number of hydrogen-bond donors (Lipinski definition) is 2. The van der Waals surface area contributed by atoms with Gasteiger partial charge in [0.15, 0.2) is 0 Å². The molecule has 6 heteroatoms. The normalized spacial score (nSPS) is 28.4. The Morgan fingerprint density at radius 3 is 2.29 bits per heavy atom. The van der Waals surface area contributed by atoms with Crippen molar-refractivity contribution in [1.29, 1.82) is 0 Å². The van der Waals surface area contributed by atoms with E-state index in [0.717, 1.165) is 18.9 Å². The van der Waals surface area contributed by atoms with Crippen LogP contribution in [-0.4, -0.2) is 15.8 Å². The summed E-state index contributed by atoms with van der Waals surface area (Å²) in [6, 6.07) is 2.28. The van der Waals surface area contributed by atoms with Crippen molar-refractivity contribution in [2.24, 2.45) is 5.92 Å². The second kappa shape index (κ2) is 5.57. The summed E-state index contributed by atoms with van der Waals surface area (Å²) in [6.45, 7) is 2.03. The Hall–Kier alpha value is -1.14. The molecule has 0 heterocycles.